The summed E-state index contributed by atoms with van der Waals surface area (Å²) >= 11 is 2.96. The van der Waals surface area contributed by atoms with Gasteiger partial charge in [-0.25, -0.2) is 9.97 Å². The largest absolute Gasteiger partial charge is 0.396 e. The fraction of sp³-hybridized carbons (Fsp3) is 0. The maximum Gasteiger partial charge on any atom is 0.164 e. The second-order valence-electron chi connectivity index (χ2n) is 2.60. The minimum absolute atomic E-state index is 0.261. The predicted molar refractivity (Wildman–Crippen MR) is 59.6 cm³/mol. The van der Waals surface area contributed by atoms with Crippen LogP contribution in [0.25, 0.3) is 0 Å². The van der Waals surface area contributed by atoms with Gasteiger partial charge in [-0.05, 0) is 23.9 Å². The third-order valence-corrected chi connectivity index (χ3v) is 3.43. The number of rotatable bonds is 2. The first-order valence-electron chi connectivity index (χ1n) is 4.03. The Kier molecular flexibility index (Phi) is 2.85. The van der Waals surface area contributed by atoms with Gasteiger partial charge in [0.15, 0.2) is 10.0 Å². The molecule has 0 atom stereocenters. The lowest BCUT2D eigenvalue weighted by Gasteiger charge is -1.99. The molecule has 4 nitrogen and oxygen atoms in total. The SMILES string of the molecule is N#Cc1nc(Sc2nccs2)ccc1N. The zero-order chi connectivity index (χ0) is 10.7. The van der Waals surface area contributed by atoms with Gasteiger partial charge in [0.1, 0.15) is 11.1 Å². The molecule has 0 fully saturated rings. The van der Waals surface area contributed by atoms with Crippen LogP contribution in [0.15, 0.2) is 33.1 Å². The Balaban J connectivity index is 2.27. The Morgan fingerprint density at radius 1 is 1.47 bits per heavy atom. The summed E-state index contributed by atoms with van der Waals surface area (Å²) < 4.78 is 0.899. The molecule has 2 rings (SSSR count). The first-order chi connectivity index (χ1) is 7.29. The molecule has 15 heavy (non-hydrogen) atoms. The van der Waals surface area contributed by atoms with Crippen LogP contribution < -0.4 is 5.73 Å². The number of nitrogens with zero attached hydrogens (tertiary/aromatic N) is 3. The quantitative estimate of drug-likeness (QED) is 0.861. The van der Waals surface area contributed by atoms with Crippen molar-refractivity contribution in [1.82, 2.24) is 9.97 Å². The Morgan fingerprint density at radius 2 is 2.33 bits per heavy atom. The molecule has 2 heterocycles. The van der Waals surface area contributed by atoms with Crippen LogP contribution in [0, 0.1) is 11.3 Å². The van der Waals surface area contributed by atoms with Gasteiger partial charge in [0.2, 0.25) is 0 Å². The molecule has 0 aliphatic carbocycles. The van der Waals surface area contributed by atoms with Crippen molar-refractivity contribution in [3.63, 3.8) is 0 Å². The van der Waals surface area contributed by atoms with Gasteiger partial charge >= 0.3 is 0 Å². The van der Waals surface area contributed by atoms with Gasteiger partial charge in [-0.1, -0.05) is 0 Å². The number of nitrogen functional groups attached to an aromatic ring is 1. The van der Waals surface area contributed by atoms with Gasteiger partial charge < -0.3 is 5.73 Å². The molecule has 0 saturated carbocycles. The summed E-state index contributed by atoms with van der Waals surface area (Å²) in [7, 11) is 0. The monoisotopic (exact) mass is 234 g/mol. The molecule has 2 N–H and O–H groups in total. The summed E-state index contributed by atoms with van der Waals surface area (Å²) in [5, 5.41) is 11.4. The average Bonchev–Trinajstić information content (AvgIpc) is 2.73. The van der Waals surface area contributed by atoms with Gasteiger partial charge in [-0.2, -0.15) is 5.26 Å². The van der Waals surface area contributed by atoms with E-state index in [4.69, 9.17) is 11.0 Å². The maximum atomic E-state index is 8.75. The van der Waals surface area contributed by atoms with Crippen LogP contribution in [-0.4, -0.2) is 9.97 Å². The molecule has 0 aliphatic rings. The van der Waals surface area contributed by atoms with Crippen LogP contribution >= 0.6 is 23.1 Å². The van der Waals surface area contributed by atoms with E-state index in [9.17, 15) is 0 Å². The van der Waals surface area contributed by atoms with Crippen molar-refractivity contribution in [2.24, 2.45) is 0 Å². The van der Waals surface area contributed by atoms with E-state index in [1.165, 1.54) is 23.1 Å². The van der Waals surface area contributed by atoms with E-state index in [1.54, 1.807) is 18.3 Å². The lowest BCUT2D eigenvalue weighted by atomic mass is 10.3. The molecule has 2 aromatic rings. The molecule has 0 radical (unpaired) electrons. The molecule has 0 bridgehead atoms. The van der Waals surface area contributed by atoms with Crippen LogP contribution in [0.1, 0.15) is 5.69 Å². The molecule has 0 unspecified atom stereocenters. The highest BCUT2D eigenvalue weighted by molar-refractivity contribution is 8.00. The summed E-state index contributed by atoms with van der Waals surface area (Å²) in [4.78, 5) is 8.23. The number of thiazole rings is 1. The number of nitrogens with two attached hydrogens (primary N) is 1. The summed E-state index contributed by atoms with van der Waals surface area (Å²) in [5.74, 6) is 0. The first-order valence-corrected chi connectivity index (χ1v) is 5.73. The van der Waals surface area contributed by atoms with Crippen LogP contribution in [-0.2, 0) is 0 Å². The van der Waals surface area contributed by atoms with E-state index in [0.29, 0.717) is 5.69 Å². The maximum absolute atomic E-state index is 8.75. The van der Waals surface area contributed by atoms with Crippen molar-refractivity contribution in [1.29, 1.82) is 5.26 Å². The van der Waals surface area contributed by atoms with E-state index in [-0.39, 0.29) is 5.69 Å². The number of nitriles is 1. The molecular weight excluding hydrogens is 228 g/mol. The minimum atomic E-state index is 0.261. The summed E-state index contributed by atoms with van der Waals surface area (Å²) in [6.07, 6.45) is 1.73. The number of hydrogen-bond acceptors (Lipinski definition) is 6. The second kappa shape index (κ2) is 4.29. The Morgan fingerprint density at radius 3 is 3.00 bits per heavy atom. The van der Waals surface area contributed by atoms with E-state index >= 15 is 0 Å². The standard InChI is InChI=1S/C9H6N4S2/c10-5-7-6(11)1-2-8(13-7)15-9-12-3-4-14-9/h1-4H,11H2. The number of hydrogen-bond donors (Lipinski definition) is 1. The zero-order valence-corrected chi connectivity index (χ0v) is 9.18. The first kappa shape index (κ1) is 9.96. The number of aromatic nitrogens is 2. The van der Waals surface area contributed by atoms with Crippen molar-refractivity contribution in [2.45, 2.75) is 9.37 Å². The molecule has 0 aliphatic heterocycles. The lowest BCUT2D eigenvalue weighted by Crippen LogP contribution is -1.94. The van der Waals surface area contributed by atoms with Gasteiger partial charge in [0.05, 0.1) is 5.69 Å². The average molecular weight is 234 g/mol. The topological polar surface area (TPSA) is 75.6 Å². The molecule has 0 amide bonds. The third-order valence-electron chi connectivity index (χ3n) is 1.61. The van der Waals surface area contributed by atoms with Gasteiger partial charge in [-0.3, -0.25) is 0 Å². The van der Waals surface area contributed by atoms with Crippen LogP contribution in [0.2, 0.25) is 0 Å². The van der Waals surface area contributed by atoms with E-state index in [2.05, 4.69) is 9.97 Å². The molecule has 0 spiro atoms. The van der Waals surface area contributed by atoms with Gasteiger partial charge in [-0.15, -0.1) is 11.3 Å². The van der Waals surface area contributed by atoms with Crippen molar-refractivity contribution >= 4 is 28.8 Å². The fourth-order valence-corrected chi connectivity index (χ4v) is 2.49. The smallest absolute Gasteiger partial charge is 0.164 e. The van der Waals surface area contributed by atoms with Crippen molar-refractivity contribution in [3.8, 4) is 6.07 Å². The van der Waals surface area contributed by atoms with Crippen LogP contribution in [0.3, 0.4) is 0 Å². The minimum Gasteiger partial charge on any atom is -0.396 e. The van der Waals surface area contributed by atoms with Gasteiger partial charge in [0, 0.05) is 11.6 Å². The van der Waals surface area contributed by atoms with Crippen LogP contribution in [0.4, 0.5) is 5.69 Å². The zero-order valence-electron chi connectivity index (χ0n) is 7.54. The van der Waals surface area contributed by atoms with E-state index in [0.717, 1.165) is 9.37 Å². The highest BCUT2D eigenvalue weighted by Gasteiger charge is 2.05. The third kappa shape index (κ3) is 2.26. The number of pyridine rings is 1. The Bertz CT molecular complexity index is 501. The Hall–Kier alpha value is -1.58. The summed E-state index contributed by atoms with van der Waals surface area (Å²) in [6, 6.07) is 5.41. The van der Waals surface area contributed by atoms with E-state index < -0.39 is 0 Å². The summed E-state index contributed by atoms with van der Waals surface area (Å²) in [6.45, 7) is 0. The molecule has 6 heteroatoms. The molecule has 0 saturated heterocycles. The molecule has 2 aromatic heterocycles. The highest BCUT2D eigenvalue weighted by Crippen LogP contribution is 2.28. The summed E-state index contributed by atoms with van der Waals surface area (Å²) in [5.41, 5.74) is 6.23. The van der Waals surface area contributed by atoms with E-state index in [1.807, 2.05) is 11.4 Å². The van der Waals surface area contributed by atoms with Crippen molar-refractivity contribution < 1.29 is 0 Å². The Labute approximate surface area is 94.8 Å². The normalized spacial score (nSPS) is 9.80. The molecular formula is C9H6N4S2. The lowest BCUT2D eigenvalue weighted by molar-refractivity contribution is 1.10. The highest BCUT2D eigenvalue weighted by atomic mass is 32.2. The van der Waals surface area contributed by atoms with Crippen LogP contribution in [0.5, 0.6) is 0 Å². The molecule has 74 valence electrons. The van der Waals surface area contributed by atoms with Crippen molar-refractivity contribution in [2.75, 3.05) is 5.73 Å². The number of anilines is 1. The van der Waals surface area contributed by atoms with Crippen molar-refractivity contribution in [3.05, 3.63) is 29.4 Å². The second-order valence-corrected chi connectivity index (χ2v) is 4.76. The predicted octanol–water partition coefficient (Wildman–Crippen LogP) is 2.14. The fourth-order valence-electron chi connectivity index (χ4n) is 0.949. The molecule has 0 aromatic carbocycles. The van der Waals surface area contributed by atoms with Gasteiger partial charge in [0.25, 0.3) is 0 Å².